The molecule has 0 fully saturated rings. The predicted octanol–water partition coefficient (Wildman–Crippen LogP) is 3.03. The van der Waals surface area contributed by atoms with Gasteiger partial charge in [-0.1, -0.05) is 27.7 Å². The third-order valence-electron chi connectivity index (χ3n) is 2.17. The monoisotopic (exact) mass is 178 g/mol. The molecule has 0 unspecified atom stereocenters. The van der Waals surface area contributed by atoms with E-state index < -0.39 is 0 Å². The van der Waals surface area contributed by atoms with Gasteiger partial charge in [0.25, 0.3) is 0 Å². The highest BCUT2D eigenvalue weighted by molar-refractivity contribution is 5.20. The lowest BCUT2D eigenvalue weighted by atomic mass is 10.0. The summed E-state index contributed by atoms with van der Waals surface area (Å²) in [6.45, 7) is 10.6. The second-order valence-electron chi connectivity index (χ2n) is 4.08. The van der Waals surface area contributed by atoms with Crippen molar-refractivity contribution in [3.63, 3.8) is 0 Å². The Labute approximate surface area is 80.4 Å². The van der Waals surface area contributed by atoms with Crippen LogP contribution in [0.5, 0.6) is 0 Å². The average Bonchev–Trinajstić information content (AvgIpc) is 2.03. The van der Waals surface area contributed by atoms with Crippen molar-refractivity contribution < 1.29 is 0 Å². The standard InChI is InChI=1S/C11H18N2/c1-7(2)10-6-12-11(8(3)4)13-9(10)5/h6-8H,1-5H3. The number of nitrogens with zero attached hydrogens (tertiary/aromatic N) is 2. The SMILES string of the molecule is Cc1nc(C(C)C)ncc1C(C)C. The number of hydrogen-bond donors (Lipinski definition) is 0. The average molecular weight is 178 g/mol. The van der Waals surface area contributed by atoms with Crippen molar-refractivity contribution in [2.45, 2.75) is 46.5 Å². The first-order valence-electron chi connectivity index (χ1n) is 4.85. The zero-order valence-electron chi connectivity index (χ0n) is 9.13. The van der Waals surface area contributed by atoms with Crippen LogP contribution in [0.1, 0.15) is 56.6 Å². The van der Waals surface area contributed by atoms with Crippen molar-refractivity contribution in [2.24, 2.45) is 0 Å². The topological polar surface area (TPSA) is 25.8 Å². The van der Waals surface area contributed by atoms with E-state index in [0.29, 0.717) is 11.8 Å². The molecule has 0 bridgehead atoms. The molecule has 0 aliphatic carbocycles. The van der Waals surface area contributed by atoms with Gasteiger partial charge in [-0.05, 0) is 18.4 Å². The van der Waals surface area contributed by atoms with Crippen molar-refractivity contribution in [3.05, 3.63) is 23.3 Å². The molecule has 0 N–H and O–H groups in total. The molecule has 0 aliphatic heterocycles. The Balaban J connectivity index is 3.06. The van der Waals surface area contributed by atoms with Gasteiger partial charge < -0.3 is 0 Å². The first-order valence-corrected chi connectivity index (χ1v) is 4.85. The maximum Gasteiger partial charge on any atom is 0.131 e. The highest BCUT2D eigenvalue weighted by atomic mass is 14.9. The molecule has 0 atom stereocenters. The summed E-state index contributed by atoms with van der Waals surface area (Å²) in [7, 11) is 0. The molecule has 0 saturated carbocycles. The lowest BCUT2D eigenvalue weighted by Gasteiger charge is -2.10. The van der Waals surface area contributed by atoms with E-state index in [2.05, 4.69) is 44.6 Å². The Kier molecular flexibility index (Phi) is 3.02. The molecule has 0 aliphatic rings. The van der Waals surface area contributed by atoms with E-state index in [4.69, 9.17) is 0 Å². The normalized spacial score (nSPS) is 11.3. The zero-order chi connectivity index (χ0) is 10.0. The zero-order valence-corrected chi connectivity index (χ0v) is 9.13. The minimum Gasteiger partial charge on any atom is -0.241 e. The van der Waals surface area contributed by atoms with Gasteiger partial charge in [-0.25, -0.2) is 9.97 Å². The number of hydrogen-bond acceptors (Lipinski definition) is 2. The fourth-order valence-electron chi connectivity index (χ4n) is 1.34. The van der Waals surface area contributed by atoms with E-state index in [1.165, 1.54) is 5.56 Å². The Morgan fingerprint density at radius 1 is 1.08 bits per heavy atom. The van der Waals surface area contributed by atoms with Gasteiger partial charge in [0.05, 0.1) is 0 Å². The quantitative estimate of drug-likeness (QED) is 0.695. The summed E-state index contributed by atoms with van der Waals surface area (Å²) in [6.07, 6.45) is 1.96. The van der Waals surface area contributed by atoms with Gasteiger partial charge in [-0.3, -0.25) is 0 Å². The summed E-state index contributed by atoms with van der Waals surface area (Å²) in [5.74, 6) is 1.88. The van der Waals surface area contributed by atoms with Crippen LogP contribution < -0.4 is 0 Å². The molecular weight excluding hydrogens is 160 g/mol. The van der Waals surface area contributed by atoms with Crippen LogP contribution in [-0.4, -0.2) is 9.97 Å². The fraction of sp³-hybridized carbons (Fsp3) is 0.636. The van der Waals surface area contributed by atoms with Gasteiger partial charge >= 0.3 is 0 Å². The Morgan fingerprint density at radius 3 is 2.08 bits per heavy atom. The van der Waals surface area contributed by atoms with Gasteiger partial charge in [-0.15, -0.1) is 0 Å². The summed E-state index contributed by atoms with van der Waals surface area (Å²) >= 11 is 0. The molecule has 13 heavy (non-hydrogen) atoms. The molecule has 2 nitrogen and oxygen atoms in total. The third kappa shape index (κ3) is 2.27. The Morgan fingerprint density at radius 2 is 1.69 bits per heavy atom. The van der Waals surface area contributed by atoms with Crippen LogP contribution in [0.2, 0.25) is 0 Å². The molecule has 1 aromatic heterocycles. The van der Waals surface area contributed by atoms with E-state index in [0.717, 1.165) is 11.5 Å². The van der Waals surface area contributed by atoms with Crippen LogP contribution in [0.3, 0.4) is 0 Å². The smallest absolute Gasteiger partial charge is 0.131 e. The molecular formula is C11H18N2. The van der Waals surface area contributed by atoms with Crippen molar-refractivity contribution in [3.8, 4) is 0 Å². The van der Waals surface area contributed by atoms with E-state index in [-0.39, 0.29) is 0 Å². The molecule has 0 radical (unpaired) electrons. The van der Waals surface area contributed by atoms with Crippen LogP contribution in [-0.2, 0) is 0 Å². The maximum absolute atomic E-state index is 4.48. The van der Waals surface area contributed by atoms with E-state index in [1.807, 2.05) is 6.20 Å². The van der Waals surface area contributed by atoms with Crippen LogP contribution in [0.25, 0.3) is 0 Å². The van der Waals surface area contributed by atoms with Gasteiger partial charge in [0, 0.05) is 17.8 Å². The fourth-order valence-corrected chi connectivity index (χ4v) is 1.34. The second kappa shape index (κ2) is 3.86. The highest BCUT2D eigenvalue weighted by Crippen LogP contribution is 2.18. The van der Waals surface area contributed by atoms with E-state index in [9.17, 15) is 0 Å². The maximum atomic E-state index is 4.48. The molecule has 72 valence electrons. The summed E-state index contributed by atoms with van der Waals surface area (Å²) in [4.78, 5) is 8.83. The third-order valence-corrected chi connectivity index (χ3v) is 2.17. The highest BCUT2D eigenvalue weighted by Gasteiger charge is 2.08. The Hall–Kier alpha value is -0.920. The Bertz CT molecular complexity index is 290. The van der Waals surface area contributed by atoms with Gasteiger partial charge in [0.15, 0.2) is 0 Å². The largest absolute Gasteiger partial charge is 0.241 e. The molecule has 0 saturated heterocycles. The molecule has 1 heterocycles. The summed E-state index contributed by atoms with van der Waals surface area (Å²) < 4.78 is 0. The van der Waals surface area contributed by atoms with Crippen LogP contribution in [0, 0.1) is 6.92 Å². The van der Waals surface area contributed by atoms with Gasteiger partial charge in [0.2, 0.25) is 0 Å². The van der Waals surface area contributed by atoms with Crippen LogP contribution in [0.4, 0.5) is 0 Å². The predicted molar refractivity (Wildman–Crippen MR) is 54.9 cm³/mol. The minimum absolute atomic E-state index is 0.417. The molecule has 0 aromatic carbocycles. The molecule has 0 amide bonds. The summed E-state index contributed by atoms with van der Waals surface area (Å²) in [5, 5.41) is 0. The summed E-state index contributed by atoms with van der Waals surface area (Å²) in [5.41, 5.74) is 2.37. The molecule has 1 aromatic rings. The van der Waals surface area contributed by atoms with E-state index in [1.54, 1.807) is 0 Å². The van der Waals surface area contributed by atoms with Crippen LogP contribution in [0.15, 0.2) is 6.20 Å². The number of aromatic nitrogens is 2. The van der Waals surface area contributed by atoms with E-state index >= 15 is 0 Å². The number of aryl methyl sites for hydroxylation is 1. The van der Waals surface area contributed by atoms with Crippen LogP contribution >= 0.6 is 0 Å². The molecule has 1 rings (SSSR count). The minimum atomic E-state index is 0.417. The van der Waals surface area contributed by atoms with Crippen molar-refractivity contribution >= 4 is 0 Å². The van der Waals surface area contributed by atoms with Crippen molar-refractivity contribution in [2.75, 3.05) is 0 Å². The summed E-state index contributed by atoms with van der Waals surface area (Å²) in [6, 6.07) is 0. The molecule has 2 heteroatoms. The van der Waals surface area contributed by atoms with Crippen molar-refractivity contribution in [1.29, 1.82) is 0 Å². The lowest BCUT2D eigenvalue weighted by molar-refractivity contribution is 0.741. The van der Waals surface area contributed by atoms with Gasteiger partial charge in [0.1, 0.15) is 5.82 Å². The lowest BCUT2D eigenvalue weighted by Crippen LogP contribution is -2.03. The molecule has 0 spiro atoms. The second-order valence-corrected chi connectivity index (χ2v) is 4.08. The first-order chi connectivity index (χ1) is 6.02. The first kappa shape index (κ1) is 10.2. The van der Waals surface area contributed by atoms with Crippen molar-refractivity contribution in [1.82, 2.24) is 9.97 Å². The number of rotatable bonds is 2. The van der Waals surface area contributed by atoms with Gasteiger partial charge in [-0.2, -0.15) is 0 Å².